The van der Waals surface area contributed by atoms with E-state index in [4.69, 9.17) is 23.2 Å². The van der Waals surface area contributed by atoms with Crippen LogP contribution in [-0.4, -0.2) is 63.4 Å². The number of carbonyl (C=O) groups is 2. The Kier molecular flexibility index (Phi) is 7.85. The molecule has 36 heavy (non-hydrogen) atoms. The number of nitrogens with zero attached hydrogens (tertiary/aromatic N) is 5. The van der Waals surface area contributed by atoms with Crippen molar-refractivity contribution in [3.63, 3.8) is 0 Å². The molecule has 0 spiro atoms. The van der Waals surface area contributed by atoms with E-state index in [-0.39, 0.29) is 30.0 Å². The van der Waals surface area contributed by atoms with Crippen LogP contribution < -0.4 is 10.5 Å². The largest absolute Gasteiger partial charge is 0.368 e. The Morgan fingerprint density at radius 1 is 1.03 bits per heavy atom. The van der Waals surface area contributed by atoms with E-state index in [0.717, 1.165) is 11.3 Å². The SMILES string of the molecule is CC(=O)N1CCN(c2ccc3ncn(CC(=O)N(Cc4ccc(Cl)c(Cl)c4)C(C)C)c(=O)c3c2)CC1. The molecule has 1 fully saturated rings. The number of benzene rings is 2. The van der Waals surface area contributed by atoms with Gasteiger partial charge in [0, 0.05) is 51.4 Å². The van der Waals surface area contributed by atoms with Crippen LogP contribution in [0.5, 0.6) is 0 Å². The van der Waals surface area contributed by atoms with Crippen molar-refractivity contribution in [2.75, 3.05) is 31.1 Å². The lowest BCUT2D eigenvalue weighted by Gasteiger charge is -2.35. The monoisotopic (exact) mass is 529 g/mol. The molecule has 0 unspecified atom stereocenters. The number of hydrogen-bond acceptors (Lipinski definition) is 5. The topological polar surface area (TPSA) is 78.8 Å². The predicted molar refractivity (Wildman–Crippen MR) is 143 cm³/mol. The molecule has 1 aromatic heterocycles. The predicted octanol–water partition coefficient (Wildman–Crippen LogP) is 3.81. The lowest BCUT2D eigenvalue weighted by Crippen LogP contribution is -2.48. The maximum atomic E-state index is 13.3. The number of anilines is 1. The van der Waals surface area contributed by atoms with E-state index in [0.29, 0.717) is 53.7 Å². The first-order valence-corrected chi connectivity index (χ1v) is 12.6. The summed E-state index contributed by atoms with van der Waals surface area (Å²) in [5.41, 5.74) is 2.06. The highest BCUT2D eigenvalue weighted by atomic mass is 35.5. The molecule has 3 aromatic rings. The van der Waals surface area contributed by atoms with Gasteiger partial charge in [-0.2, -0.15) is 0 Å². The number of carbonyl (C=O) groups excluding carboxylic acids is 2. The molecular weight excluding hydrogens is 501 g/mol. The summed E-state index contributed by atoms with van der Waals surface area (Å²) < 4.78 is 1.35. The Hall–Kier alpha value is -3.10. The van der Waals surface area contributed by atoms with Crippen molar-refractivity contribution in [2.45, 2.75) is 39.9 Å². The third-order valence-corrected chi connectivity index (χ3v) is 7.22. The summed E-state index contributed by atoms with van der Waals surface area (Å²) in [7, 11) is 0. The van der Waals surface area contributed by atoms with E-state index in [1.807, 2.05) is 43.0 Å². The molecule has 2 heterocycles. The van der Waals surface area contributed by atoms with Crippen molar-refractivity contribution in [3.8, 4) is 0 Å². The molecule has 0 bridgehead atoms. The van der Waals surface area contributed by atoms with E-state index in [9.17, 15) is 14.4 Å². The quantitative estimate of drug-likeness (QED) is 0.485. The smallest absolute Gasteiger partial charge is 0.261 e. The number of hydrogen-bond donors (Lipinski definition) is 0. The highest BCUT2D eigenvalue weighted by molar-refractivity contribution is 6.42. The van der Waals surface area contributed by atoms with Gasteiger partial charge in [0.1, 0.15) is 6.54 Å². The van der Waals surface area contributed by atoms with Gasteiger partial charge in [-0.3, -0.25) is 19.0 Å². The molecule has 0 saturated carbocycles. The van der Waals surface area contributed by atoms with Gasteiger partial charge in [0.05, 0.1) is 27.3 Å². The second-order valence-corrected chi connectivity index (χ2v) is 10.1. The summed E-state index contributed by atoms with van der Waals surface area (Å²) in [6, 6.07) is 10.8. The van der Waals surface area contributed by atoms with Gasteiger partial charge < -0.3 is 14.7 Å². The zero-order chi connectivity index (χ0) is 26.0. The maximum absolute atomic E-state index is 13.3. The van der Waals surface area contributed by atoms with Crippen LogP contribution in [0.25, 0.3) is 10.9 Å². The van der Waals surface area contributed by atoms with Gasteiger partial charge in [-0.1, -0.05) is 29.3 Å². The molecule has 10 heteroatoms. The van der Waals surface area contributed by atoms with Crippen LogP contribution in [0.2, 0.25) is 10.0 Å². The van der Waals surface area contributed by atoms with Gasteiger partial charge in [-0.15, -0.1) is 0 Å². The molecule has 8 nitrogen and oxygen atoms in total. The minimum absolute atomic E-state index is 0.0690. The van der Waals surface area contributed by atoms with Gasteiger partial charge >= 0.3 is 0 Å². The second-order valence-electron chi connectivity index (χ2n) is 9.24. The molecule has 0 aliphatic carbocycles. The van der Waals surface area contributed by atoms with Crippen LogP contribution in [0.1, 0.15) is 26.3 Å². The molecule has 4 rings (SSSR count). The van der Waals surface area contributed by atoms with Gasteiger partial charge in [-0.05, 0) is 49.7 Å². The van der Waals surface area contributed by atoms with Gasteiger partial charge in [-0.25, -0.2) is 4.98 Å². The fraction of sp³-hybridized carbons (Fsp3) is 0.385. The first-order chi connectivity index (χ1) is 17.1. The molecule has 1 aliphatic heterocycles. The van der Waals surface area contributed by atoms with Crippen LogP contribution in [0, 0.1) is 0 Å². The summed E-state index contributed by atoms with van der Waals surface area (Å²) in [6.07, 6.45) is 1.42. The molecule has 0 radical (unpaired) electrons. The molecular formula is C26H29Cl2N5O3. The molecule has 2 aromatic carbocycles. The highest BCUT2D eigenvalue weighted by Crippen LogP contribution is 2.24. The maximum Gasteiger partial charge on any atom is 0.261 e. The minimum atomic E-state index is -0.268. The average Bonchev–Trinajstić information content (AvgIpc) is 2.86. The summed E-state index contributed by atoms with van der Waals surface area (Å²) in [5.74, 6) is -0.129. The minimum Gasteiger partial charge on any atom is -0.368 e. The van der Waals surface area contributed by atoms with Crippen LogP contribution in [0.4, 0.5) is 5.69 Å². The lowest BCUT2D eigenvalue weighted by atomic mass is 10.1. The van der Waals surface area contributed by atoms with E-state index >= 15 is 0 Å². The Balaban J connectivity index is 1.54. The third-order valence-electron chi connectivity index (χ3n) is 6.48. The van der Waals surface area contributed by atoms with Crippen molar-refractivity contribution in [1.82, 2.24) is 19.4 Å². The molecule has 2 amide bonds. The van der Waals surface area contributed by atoms with Crippen molar-refractivity contribution >= 4 is 51.6 Å². The van der Waals surface area contributed by atoms with E-state index < -0.39 is 0 Å². The third kappa shape index (κ3) is 5.65. The fourth-order valence-electron chi connectivity index (χ4n) is 4.37. The molecule has 0 N–H and O–H groups in total. The van der Waals surface area contributed by atoms with Crippen LogP contribution in [0.15, 0.2) is 47.5 Å². The molecule has 1 aliphatic rings. The zero-order valence-electron chi connectivity index (χ0n) is 20.6. The van der Waals surface area contributed by atoms with Crippen LogP contribution in [0.3, 0.4) is 0 Å². The van der Waals surface area contributed by atoms with E-state index in [1.54, 1.807) is 24.0 Å². The number of aromatic nitrogens is 2. The van der Waals surface area contributed by atoms with Crippen LogP contribution in [-0.2, 0) is 22.7 Å². The molecule has 1 saturated heterocycles. The molecule has 190 valence electrons. The zero-order valence-corrected chi connectivity index (χ0v) is 22.1. The van der Waals surface area contributed by atoms with E-state index in [2.05, 4.69) is 9.88 Å². The second kappa shape index (κ2) is 10.9. The molecule has 0 atom stereocenters. The van der Waals surface area contributed by atoms with Crippen molar-refractivity contribution in [1.29, 1.82) is 0 Å². The van der Waals surface area contributed by atoms with Gasteiger partial charge in [0.15, 0.2) is 0 Å². The Morgan fingerprint density at radius 2 is 1.75 bits per heavy atom. The van der Waals surface area contributed by atoms with Gasteiger partial charge in [0.2, 0.25) is 11.8 Å². The fourth-order valence-corrected chi connectivity index (χ4v) is 4.69. The lowest BCUT2D eigenvalue weighted by molar-refractivity contribution is -0.134. The number of rotatable bonds is 6. The summed E-state index contributed by atoms with van der Waals surface area (Å²) in [5, 5.41) is 1.34. The Bertz CT molecular complexity index is 1350. The Morgan fingerprint density at radius 3 is 2.39 bits per heavy atom. The number of halogens is 2. The first-order valence-electron chi connectivity index (χ1n) is 11.9. The Labute approximate surface area is 220 Å². The first kappa shape index (κ1) is 26.0. The number of fused-ring (bicyclic) bond motifs is 1. The normalized spacial score (nSPS) is 13.9. The number of amides is 2. The summed E-state index contributed by atoms with van der Waals surface area (Å²) in [4.78, 5) is 48.3. The standard InChI is InChI=1S/C26H29Cl2N5O3/c1-17(2)33(14-19-4-6-22(27)23(28)12-19)25(35)15-32-16-29-24-7-5-20(13-21(24)26(32)36)31-10-8-30(9-11-31)18(3)34/h4-7,12-13,16-17H,8-11,14-15H2,1-3H3. The highest BCUT2D eigenvalue weighted by Gasteiger charge is 2.21. The summed E-state index contributed by atoms with van der Waals surface area (Å²) >= 11 is 12.2. The van der Waals surface area contributed by atoms with Crippen molar-refractivity contribution in [3.05, 3.63) is 68.7 Å². The van der Waals surface area contributed by atoms with Crippen molar-refractivity contribution < 1.29 is 9.59 Å². The summed E-state index contributed by atoms with van der Waals surface area (Å²) in [6.45, 7) is 8.32. The van der Waals surface area contributed by atoms with Crippen LogP contribution >= 0.6 is 23.2 Å². The van der Waals surface area contributed by atoms with Gasteiger partial charge in [0.25, 0.3) is 5.56 Å². The average molecular weight is 530 g/mol. The van der Waals surface area contributed by atoms with Crippen molar-refractivity contribution in [2.24, 2.45) is 0 Å². The number of piperazine rings is 1. The van der Waals surface area contributed by atoms with E-state index in [1.165, 1.54) is 10.9 Å².